The molecule has 0 unspecified atom stereocenters. The van der Waals surface area contributed by atoms with Crippen LogP contribution in [-0.2, 0) is 9.53 Å². The lowest BCUT2D eigenvalue weighted by Gasteiger charge is -2.21. The van der Waals surface area contributed by atoms with Crippen LogP contribution in [0.5, 0.6) is 5.75 Å². The summed E-state index contributed by atoms with van der Waals surface area (Å²) >= 11 is 6.06. The molecule has 1 N–H and O–H groups in total. The van der Waals surface area contributed by atoms with E-state index >= 15 is 0 Å². The molecule has 1 aliphatic heterocycles. The smallest absolute Gasteiger partial charge is 0.224 e. The van der Waals surface area contributed by atoms with Gasteiger partial charge < -0.3 is 14.8 Å². The quantitative estimate of drug-likeness (QED) is 0.899. The zero-order chi connectivity index (χ0) is 15.2. The van der Waals surface area contributed by atoms with E-state index in [1.54, 1.807) is 13.2 Å². The van der Waals surface area contributed by atoms with E-state index in [0.717, 1.165) is 38.0 Å². The van der Waals surface area contributed by atoms with Gasteiger partial charge in [-0.2, -0.15) is 0 Å². The van der Waals surface area contributed by atoms with Crippen molar-refractivity contribution in [3.05, 3.63) is 22.7 Å². The SMILES string of the molecule is COc1cc(Cl)c(C)cc1NC(=O)CCC1CCOCC1. The van der Waals surface area contributed by atoms with Gasteiger partial charge in [0.05, 0.1) is 12.8 Å². The van der Waals surface area contributed by atoms with Gasteiger partial charge >= 0.3 is 0 Å². The first kappa shape index (κ1) is 16.1. The number of benzene rings is 1. The van der Waals surface area contributed by atoms with E-state index in [2.05, 4.69) is 5.32 Å². The minimum atomic E-state index is 0.0153. The Morgan fingerprint density at radius 1 is 1.43 bits per heavy atom. The topological polar surface area (TPSA) is 47.6 Å². The van der Waals surface area contributed by atoms with E-state index < -0.39 is 0 Å². The number of hydrogen-bond donors (Lipinski definition) is 1. The molecule has 1 aliphatic rings. The fraction of sp³-hybridized carbons (Fsp3) is 0.562. The highest BCUT2D eigenvalue weighted by atomic mass is 35.5. The summed E-state index contributed by atoms with van der Waals surface area (Å²) in [6.07, 6.45) is 3.53. The number of carbonyl (C=O) groups is 1. The fourth-order valence-corrected chi connectivity index (χ4v) is 2.67. The van der Waals surface area contributed by atoms with Crippen molar-refractivity contribution >= 4 is 23.2 Å². The van der Waals surface area contributed by atoms with E-state index in [9.17, 15) is 4.79 Å². The van der Waals surface area contributed by atoms with Gasteiger partial charge in [-0.1, -0.05) is 11.6 Å². The highest BCUT2D eigenvalue weighted by Crippen LogP contribution is 2.31. The second-order valence-corrected chi connectivity index (χ2v) is 5.85. The summed E-state index contributed by atoms with van der Waals surface area (Å²) in [5, 5.41) is 3.55. The van der Waals surface area contributed by atoms with Gasteiger partial charge in [0.25, 0.3) is 0 Å². The lowest BCUT2D eigenvalue weighted by Crippen LogP contribution is -2.19. The molecular weight excluding hydrogens is 290 g/mol. The van der Waals surface area contributed by atoms with Crippen molar-refractivity contribution in [2.75, 3.05) is 25.6 Å². The lowest BCUT2D eigenvalue weighted by molar-refractivity contribution is -0.116. The Kier molecular flexibility index (Phi) is 5.88. The number of nitrogens with one attached hydrogen (secondary N) is 1. The number of anilines is 1. The second-order valence-electron chi connectivity index (χ2n) is 5.44. The fourth-order valence-electron chi connectivity index (χ4n) is 2.51. The zero-order valence-corrected chi connectivity index (χ0v) is 13.3. The van der Waals surface area contributed by atoms with Gasteiger partial charge in [-0.3, -0.25) is 4.79 Å². The third kappa shape index (κ3) is 4.61. The minimum absolute atomic E-state index is 0.0153. The van der Waals surface area contributed by atoms with E-state index in [4.69, 9.17) is 21.1 Å². The molecular formula is C16H22ClNO3. The van der Waals surface area contributed by atoms with Crippen molar-refractivity contribution in [3.8, 4) is 5.75 Å². The van der Waals surface area contributed by atoms with E-state index in [0.29, 0.717) is 28.8 Å². The number of ether oxygens (including phenoxy) is 2. The Morgan fingerprint density at radius 2 is 2.14 bits per heavy atom. The van der Waals surface area contributed by atoms with Gasteiger partial charge in [-0.15, -0.1) is 0 Å². The van der Waals surface area contributed by atoms with Gasteiger partial charge in [-0.25, -0.2) is 0 Å². The molecule has 21 heavy (non-hydrogen) atoms. The molecule has 0 radical (unpaired) electrons. The predicted molar refractivity (Wildman–Crippen MR) is 84.1 cm³/mol. The average molecular weight is 312 g/mol. The number of aryl methyl sites for hydroxylation is 1. The predicted octanol–water partition coefficient (Wildman–Crippen LogP) is 3.80. The number of hydrogen-bond acceptors (Lipinski definition) is 3. The molecule has 0 atom stereocenters. The van der Waals surface area contributed by atoms with Crippen molar-refractivity contribution in [3.63, 3.8) is 0 Å². The van der Waals surface area contributed by atoms with Crippen LogP contribution in [0.25, 0.3) is 0 Å². The maximum Gasteiger partial charge on any atom is 0.224 e. The molecule has 2 rings (SSSR count). The van der Waals surface area contributed by atoms with Gasteiger partial charge in [-0.05, 0) is 43.7 Å². The van der Waals surface area contributed by atoms with Crippen LogP contribution in [0.4, 0.5) is 5.69 Å². The third-order valence-electron chi connectivity index (χ3n) is 3.88. The van der Waals surface area contributed by atoms with Crippen LogP contribution in [0.15, 0.2) is 12.1 Å². The molecule has 4 nitrogen and oxygen atoms in total. The second kappa shape index (κ2) is 7.66. The van der Waals surface area contributed by atoms with Crippen molar-refractivity contribution in [1.29, 1.82) is 0 Å². The molecule has 1 amide bonds. The zero-order valence-electron chi connectivity index (χ0n) is 12.6. The molecule has 1 aromatic rings. The van der Waals surface area contributed by atoms with Crippen molar-refractivity contribution < 1.29 is 14.3 Å². The maximum absolute atomic E-state index is 12.1. The average Bonchev–Trinajstić information content (AvgIpc) is 2.49. The Hall–Kier alpha value is -1.26. The van der Waals surface area contributed by atoms with Crippen LogP contribution in [0.3, 0.4) is 0 Å². The normalized spacial score (nSPS) is 15.8. The van der Waals surface area contributed by atoms with Gasteiger partial charge in [0.2, 0.25) is 5.91 Å². The highest BCUT2D eigenvalue weighted by molar-refractivity contribution is 6.31. The summed E-state index contributed by atoms with van der Waals surface area (Å²) in [6, 6.07) is 3.57. The largest absolute Gasteiger partial charge is 0.495 e. The summed E-state index contributed by atoms with van der Waals surface area (Å²) in [5.74, 6) is 1.20. The molecule has 0 aromatic heterocycles. The van der Waals surface area contributed by atoms with Crippen LogP contribution in [0, 0.1) is 12.8 Å². The molecule has 0 spiro atoms. The molecule has 1 saturated heterocycles. The number of halogens is 1. The lowest BCUT2D eigenvalue weighted by atomic mass is 9.95. The van der Waals surface area contributed by atoms with Crippen molar-refractivity contribution in [2.24, 2.45) is 5.92 Å². The summed E-state index contributed by atoms with van der Waals surface area (Å²) < 4.78 is 10.6. The van der Waals surface area contributed by atoms with E-state index in [-0.39, 0.29) is 5.91 Å². The Balaban J connectivity index is 1.91. The summed E-state index contributed by atoms with van der Waals surface area (Å²) in [7, 11) is 1.57. The molecule has 0 bridgehead atoms. The van der Waals surface area contributed by atoms with Crippen LogP contribution in [0.1, 0.15) is 31.2 Å². The molecule has 1 heterocycles. The minimum Gasteiger partial charge on any atom is -0.495 e. The van der Waals surface area contributed by atoms with Crippen LogP contribution in [0.2, 0.25) is 5.02 Å². The molecule has 0 saturated carbocycles. The van der Waals surface area contributed by atoms with E-state index in [1.807, 2.05) is 13.0 Å². The number of methoxy groups -OCH3 is 1. The molecule has 1 fully saturated rings. The summed E-state index contributed by atoms with van der Waals surface area (Å²) in [5.41, 5.74) is 1.59. The number of amides is 1. The molecule has 116 valence electrons. The first-order chi connectivity index (χ1) is 10.1. The monoisotopic (exact) mass is 311 g/mol. The standard InChI is InChI=1S/C16H22ClNO3/c1-11-9-14(15(20-2)10-13(11)17)18-16(19)4-3-12-5-7-21-8-6-12/h9-10,12H,3-8H2,1-2H3,(H,18,19). The molecule has 0 aliphatic carbocycles. The van der Waals surface area contributed by atoms with Crippen LogP contribution >= 0.6 is 11.6 Å². The van der Waals surface area contributed by atoms with E-state index in [1.165, 1.54) is 0 Å². The summed E-state index contributed by atoms with van der Waals surface area (Å²) in [4.78, 5) is 12.1. The number of carbonyl (C=O) groups excluding carboxylic acids is 1. The molecule has 1 aromatic carbocycles. The molecule has 5 heteroatoms. The Labute approximate surface area is 130 Å². The first-order valence-electron chi connectivity index (χ1n) is 7.32. The summed E-state index contributed by atoms with van der Waals surface area (Å²) in [6.45, 7) is 3.53. The van der Waals surface area contributed by atoms with Gasteiger partial charge in [0, 0.05) is 30.7 Å². The number of rotatable bonds is 5. The Morgan fingerprint density at radius 3 is 2.81 bits per heavy atom. The van der Waals surface area contributed by atoms with Gasteiger partial charge in [0.15, 0.2) is 0 Å². The first-order valence-corrected chi connectivity index (χ1v) is 7.69. The van der Waals surface area contributed by atoms with Crippen molar-refractivity contribution in [2.45, 2.75) is 32.6 Å². The van der Waals surface area contributed by atoms with Crippen LogP contribution in [-0.4, -0.2) is 26.2 Å². The maximum atomic E-state index is 12.1. The third-order valence-corrected chi connectivity index (χ3v) is 4.28. The Bertz CT molecular complexity index is 499. The van der Waals surface area contributed by atoms with Crippen molar-refractivity contribution in [1.82, 2.24) is 0 Å². The highest BCUT2D eigenvalue weighted by Gasteiger charge is 2.16. The van der Waals surface area contributed by atoms with Gasteiger partial charge in [0.1, 0.15) is 5.75 Å². The van der Waals surface area contributed by atoms with Crippen LogP contribution < -0.4 is 10.1 Å².